The van der Waals surface area contributed by atoms with Gasteiger partial charge < -0.3 is 15.0 Å². The van der Waals surface area contributed by atoms with Gasteiger partial charge in [0.25, 0.3) is 0 Å². The lowest BCUT2D eigenvalue weighted by molar-refractivity contribution is 0.0184. The largest absolute Gasteiger partial charge is 0.444 e. The molecule has 27 heavy (non-hydrogen) atoms. The van der Waals surface area contributed by atoms with E-state index in [0.29, 0.717) is 17.9 Å². The summed E-state index contributed by atoms with van der Waals surface area (Å²) < 4.78 is 5.47. The van der Waals surface area contributed by atoms with E-state index >= 15 is 0 Å². The van der Waals surface area contributed by atoms with Crippen LogP contribution in [0.3, 0.4) is 0 Å². The van der Waals surface area contributed by atoms with E-state index in [1.54, 1.807) is 0 Å². The fraction of sp³-hybridized carbons (Fsp3) is 0.609. The second-order valence-corrected chi connectivity index (χ2v) is 9.07. The number of likely N-dealkylation sites (tertiary alicyclic amines) is 1. The van der Waals surface area contributed by atoms with Gasteiger partial charge in [0.2, 0.25) is 0 Å². The maximum absolute atomic E-state index is 12.1. The van der Waals surface area contributed by atoms with Crippen molar-refractivity contribution in [1.82, 2.24) is 10.2 Å². The van der Waals surface area contributed by atoms with Crippen molar-refractivity contribution in [1.29, 1.82) is 0 Å². The van der Waals surface area contributed by atoms with Crippen LogP contribution in [0.5, 0.6) is 0 Å². The van der Waals surface area contributed by atoms with Gasteiger partial charge in [-0.05, 0) is 70.9 Å². The Balaban J connectivity index is 1.37. The van der Waals surface area contributed by atoms with Gasteiger partial charge in [-0.15, -0.1) is 0 Å². The molecule has 1 aliphatic heterocycles. The fourth-order valence-corrected chi connectivity index (χ4v) is 3.81. The molecule has 1 amide bonds. The molecule has 2 fully saturated rings. The Morgan fingerprint density at radius 2 is 1.89 bits per heavy atom. The highest BCUT2D eigenvalue weighted by atomic mass is 16.6. The first-order chi connectivity index (χ1) is 12.8. The third-order valence-electron chi connectivity index (χ3n) is 5.50. The number of ether oxygens (including phenoxy) is 1. The van der Waals surface area contributed by atoms with Crippen LogP contribution in [-0.2, 0) is 4.74 Å². The standard InChI is InChI=1S/C23H34N2O2/c1-17(14-18-8-6-5-7-9-18)20-15-21(20)24-16-19-10-12-25(13-11-19)22(26)27-23(2,3)4/h5-9,14,19-21,24H,10-13,15-16H2,1-4H3. The number of nitrogens with one attached hydrogen (secondary N) is 1. The van der Waals surface area contributed by atoms with Crippen molar-refractivity contribution >= 4 is 12.2 Å². The number of carbonyl (C=O) groups excluding carboxylic acids is 1. The summed E-state index contributed by atoms with van der Waals surface area (Å²) in [6, 6.07) is 11.2. The van der Waals surface area contributed by atoms with Crippen LogP contribution in [0, 0.1) is 11.8 Å². The summed E-state index contributed by atoms with van der Waals surface area (Å²) >= 11 is 0. The Labute approximate surface area is 164 Å². The van der Waals surface area contributed by atoms with E-state index in [9.17, 15) is 4.79 Å². The van der Waals surface area contributed by atoms with Crippen LogP contribution < -0.4 is 5.32 Å². The van der Waals surface area contributed by atoms with E-state index in [2.05, 4.69) is 48.6 Å². The maximum Gasteiger partial charge on any atom is 0.410 e. The molecule has 2 unspecified atom stereocenters. The van der Waals surface area contributed by atoms with E-state index < -0.39 is 5.60 Å². The van der Waals surface area contributed by atoms with Crippen LogP contribution in [0.1, 0.15) is 52.5 Å². The third kappa shape index (κ3) is 6.10. The number of piperidine rings is 1. The average Bonchev–Trinajstić information content (AvgIpc) is 3.40. The van der Waals surface area contributed by atoms with Crippen molar-refractivity contribution in [2.75, 3.05) is 19.6 Å². The minimum atomic E-state index is -0.415. The third-order valence-corrected chi connectivity index (χ3v) is 5.50. The van der Waals surface area contributed by atoms with Crippen molar-refractivity contribution in [3.8, 4) is 0 Å². The molecule has 1 aromatic carbocycles. The molecule has 0 bridgehead atoms. The molecule has 3 rings (SSSR count). The van der Waals surface area contributed by atoms with Gasteiger partial charge >= 0.3 is 6.09 Å². The summed E-state index contributed by atoms with van der Waals surface area (Å²) in [5, 5.41) is 3.75. The Morgan fingerprint density at radius 1 is 1.22 bits per heavy atom. The Hall–Kier alpha value is -1.81. The molecular weight excluding hydrogens is 336 g/mol. The number of rotatable bonds is 5. The van der Waals surface area contributed by atoms with E-state index in [0.717, 1.165) is 32.5 Å². The van der Waals surface area contributed by atoms with Crippen molar-refractivity contribution in [2.45, 2.75) is 58.6 Å². The van der Waals surface area contributed by atoms with Crippen LogP contribution in [0.4, 0.5) is 4.79 Å². The topological polar surface area (TPSA) is 41.6 Å². The predicted molar refractivity (Wildman–Crippen MR) is 111 cm³/mol. The zero-order valence-corrected chi connectivity index (χ0v) is 17.2. The van der Waals surface area contributed by atoms with Crippen LogP contribution in [0.15, 0.2) is 35.9 Å². The first-order valence-electron chi connectivity index (χ1n) is 10.3. The number of nitrogens with zero attached hydrogens (tertiary/aromatic N) is 1. The van der Waals surface area contributed by atoms with Gasteiger partial charge in [0, 0.05) is 19.1 Å². The second-order valence-electron chi connectivity index (χ2n) is 9.07. The molecule has 4 nitrogen and oxygen atoms in total. The van der Waals surface area contributed by atoms with Crippen molar-refractivity contribution < 1.29 is 9.53 Å². The fourth-order valence-electron chi connectivity index (χ4n) is 3.81. The molecule has 2 atom stereocenters. The highest BCUT2D eigenvalue weighted by Gasteiger charge is 2.38. The Morgan fingerprint density at radius 3 is 2.52 bits per heavy atom. The monoisotopic (exact) mass is 370 g/mol. The minimum absolute atomic E-state index is 0.169. The minimum Gasteiger partial charge on any atom is -0.444 e. The molecule has 1 N–H and O–H groups in total. The maximum atomic E-state index is 12.1. The zero-order chi connectivity index (χ0) is 19.4. The number of carbonyl (C=O) groups is 1. The van der Waals surface area contributed by atoms with Gasteiger partial charge in [0.05, 0.1) is 0 Å². The van der Waals surface area contributed by atoms with Crippen molar-refractivity contribution in [2.24, 2.45) is 11.8 Å². The van der Waals surface area contributed by atoms with Crippen LogP contribution in [0.2, 0.25) is 0 Å². The van der Waals surface area contributed by atoms with Crippen molar-refractivity contribution in [3.63, 3.8) is 0 Å². The molecular formula is C23H34N2O2. The summed E-state index contributed by atoms with van der Waals surface area (Å²) in [7, 11) is 0. The normalized spacial score (nSPS) is 24.0. The smallest absolute Gasteiger partial charge is 0.410 e. The number of hydrogen-bond acceptors (Lipinski definition) is 3. The summed E-state index contributed by atoms with van der Waals surface area (Å²) in [6.07, 6.45) is 5.50. The van der Waals surface area contributed by atoms with Crippen LogP contribution >= 0.6 is 0 Å². The summed E-state index contributed by atoms with van der Waals surface area (Å²) in [5.41, 5.74) is 2.34. The van der Waals surface area contributed by atoms with Gasteiger partial charge in [-0.25, -0.2) is 4.79 Å². The highest BCUT2D eigenvalue weighted by molar-refractivity contribution is 5.68. The Kier molecular flexibility index (Phi) is 6.25. The molecule has 4 heteroatoms. The molecule has 0 spiro atoms. The number of amides is 1. The van der Waals surface area contributed by atoms with Gasteiger partial charge in [0.15, 0.2) is 0 Å². The van der Waals surface area contributed by atoms with Gasteiger partial charge in [-0.3, -0.25) is 0 Å². The zero-order valence-electron chi connectivity index (χ0n) is 17.2. The molecule has 1 saturated carbocycles. The Bertz CT molecular complexity index is 655. The van der Waals surface area contributed by atoms with Crippen LogP contribution in [0.25, 0.3) is 6.08 Å². The quantitative estimate of drug-likeness (QED) is 0.816. The van der Waals surface area contributed by atoms with E-state index in [1.807, 2.05) is 25.7 Å². The molecule has 0 aromatic heterocycles. The first-order valence-corrected chi connectivity index (χ1v) is 10.3. The lowest BCUT2D eigenvalue weighted by Gasteiger charge is -2.33. The molecule has 1 heterocycles. The molecule has 1 aromatic rings. The molecule has 0 radical (unpaired) electrons. The lowest BCUT2D eigenvalue weighted by atomic mass is 9.97. The average molecular weight is 371 g/mol. The first kappa shape index (κ1) is 19.9. The lowest BCUT2D eigenvalue weighted by Crippen LogP contribution is -2.43. The summed E-state index contributed by atoms with van der Waals surface area (Å²) in [4.78, 5) is 14.0. The molecule has 1 aliphatic carbocycles. The SMILES string of the molecule is CC(=Cc1ccccc1)C1CC1NCC1CCN(C(=O)OC(C)(C)C)CC1. The summed E-state index contributed by atoms with van der Waals surface area (Å²) in [6.45, 7) is 10.7. The van der Waals surface area contributed by atoms with Crippen molar-refractivity contribution in [3.05, 3.63) is 41.5 Å². The number of hydrogen-bond donors (Lipinski definition) is 1. The second kappa shape index (κ2) is 8.47. The van der Waals surface area contributed by atoms with E-state index in [4.69, 9.17) is 4.74 Å². The molecule has 1 saturated heterocycles. The molecule has 2 aliphatic rings. The van der Waals surface area contributed by atoms with Gasteiger partial charge in [-0.2, -0.15) is 0 Å². The highest BCUT2D eigenvalue weighted by Crippen LogP contribution is 2.38. The van der Waals surface area contributed by atoms with Crippen LogP contribution in [-0.4, -0.2) is 42.3 Å². The predicted octanol–water partition coefficient (Wildman–Crippen LogP) is 4.72. The number of benzene rings is 1. The van der Waals surface area contributed by atoms with E-state index in [-0.39, 0.29) is 6.09 Å². The van der Waals surface area contributed by atoms with Gasteiger partial charge in [0.1, 0.15) is 5.60 Å². The van der Waals surface area contributed by atoms with Gasteiger partial charge in [-0.1, -0.05) is 42.0 Å². The summed E-state index contributed by atoms with van der Waals surface area (Å²) in [5.74, 6) is 1.33. The molecule has 148 valence electrons. The van der Waals surface area contributed by atoms with E-state index in [1.165, 1.54) is 17.6 Å².